The minimum absolute atomic E-state index is 0.715. The Morgan fingerprint density at radius 3 is 2.71 bits per heavy atom. The van der Waals surface area contributed by atoms with Crippen LogP contribution in [0.25, 0.3) is 0 Å². The van der Waals surface area contributed by atoms with Crippen LogP contribution in [0.15, 0.2) is 0 Å². The summed E-state index contributed by atoms with van der Waals surface area (Å²) in [5.41, 5.74) is 2.84. The first-order chi connectivity index (χ1) is 10.3. The second-order valence-electron chi connectivity index (χ2n) is 6.45. The lowest BCUT2D eigenvalue weighted by molar-refractivity contribution is 0.286. The Labute approximate surface area is 128 Å². The summed E-state index contributed by atoms with van der Waals surface area (Å²) in [6, 6.07) is 0. The van der Waals surface area contributed by atoms with Crippen LogP contribution in [0.2, 0.25) is 0 Å². The predicted molar refractivity (Wildman–Crippen MR) is 86.6 cm³/mol. The van der Waals surface area contributed by atoms with Crippen LogP contribution < -0.4 is 5.32 Å². The number of rotatable bonds is 6. The molecule has 1 aromatic rings. The Morgan fingerprint density at radius 2 is 2.00 bits per heavy atom. The van der Waals surface area contributed by atoms with E-state index in [1.807, 2.05) is 0 Å². The molecule has 1 N–H and O–H groups in total. The van der Waals surface area contributed by atoms with Gasteiger partial charge < -0.3 is 14.8 Å². The highest BCUT2D eigenvalue weighted by molar-refractivity contribution is 5.22. The lowest BCUT2D eigenvalue weighted by Crippen LogP contribution is -2.30. The third-order valence-corrected chi connectivity index (χ3v) is 5.27. The third kappa shape index (κ3) is 3.16. The minimum atomic E-state index is 0.715. The molecule has 2 heterocycles. The summed E-state index contributed by atoms with van der Waals surface area (Å²) < 4.78 is 2.59. The molecule has 1 saturated carbocycles. The van der Waals surface area contributed by atoms with Crippen molar-refractivity contribution in [3.63, 3.8) is 0 Å². The van der Waals surface area contributed by atoms with Gasteiger partial charge in [0.25, 0.3) is 0 Å². The van der Waals surface area contributed by atoms with Crippen molar-refractivity contribution >= 4 is 0 Å². The van der Waals surface area contributed by atoms with Crippen molar-refractivity contribution in [2.75, 3.05) is 26.2 Å². The maximum absolute atomic E-state index is 5.04. The molecule has 1 aliphatic heterocycles. The highest BCUT2D eigenvalue weighted by atomic mass is 15.2. The van der Waals surface area contributed by atoms with E-state index in [4.69, 9.17) is 4.98 Å². The van der Waals surface area contributed by atoms with Crippen molar-refractivity contribution in [2.45, 2.75) is 65.0 Å². The van der Waals surface area contributed by atoms with Crippen LogP contribution in [0.3, 0.4) is 0 Å². The summed E-state index contributed by atoms with van der Waals surface area (Å²) in [5.74, 6) is 2.11. The number of likely N-dealkylation sites (N-methyl/N-ethyl adjacent to an activating group) is 1. The minimum Gasteiger partial charge on any atom is -0.330 e. The Bertz CT molecular complexity index is 456. The number of nitrogens with zero attached hydrogens (tertiary/aromatic N) is 3. The van der Waals surface area contributed by atoms with Gasteiger partial charge in [0.2, 0.25) is 0 Å². The van der Waals surface area contributed by atoms with Crippen molar-refractivity contribution in [1.29, 1.82) is 0 Å². The fourth-order valence-electron chi connectivity index (χ4n) is 3.92. The first-order valence-electron chi connectivity index (χ1n) is 8.84. The largest absolute Gasteiger partial charge is 0.330 e. The van der Waals surface area contributed by atoms with Crippen molar-refractivity contribution < 1.29 is 0 Å². The number of fused-ring (bicyclic) bond motifs is 1. The molecule has 4 nitrogen and oxygen atoms in total. The molecule has 1 aromatic heterocycles. The molecular weight excluding hydrogens is 260 g/mol. The summed E-state index contributed by atoms with van der Waals surface area (Å²) in [4.78, 5) is 7.56. The SMILES string of the molecule is CCN(CC)CCn1c(C2CCCC2)nc2c1CCNC2. The van der Waals surface area contributed by atoms with Gasteiger partial charge in [0.15, 0.2) is 0 Å². The lowest BCUT2D eigenvalue weighted by atomic mass is 10.1. The summed E-state index contributed by atoms with van der Waals surface area (Å²) in [6.45, 7) is 11.2. The Morgan fingerprint density at radius 1 is 1.24 bits per heavy atom. The van der Waals surface area contributed by atoms with Crippen molar-refractivity contribution in [1.82, 2.24) is 19.8 Å². The zero-order valence-corrected chi connectivity index (χ0v) is 13.7. The second kappa shape index (κ2) is 6.93. The third-order valence-electron chi connectivity index (χ3n) is 5.27. The molecule has 0 unspecified atom stereocenters. The number of hydrogen-bond acceptors (Lipinski definition) is 3. The van der Waals surface area contributed by atoms with Crippen molar-refractivity contribution in [3.8, 4) is 0 Å². The zero-order valence-electron chi connectivity index (χ0n) is 13.7. The monoisotopic (exact) mass is 290 g/mol. The summed E-state index contributed by atoms with van der Waals surface area (Å²) in [6.07, 6.45) is 6.60. The van der Waals surface area contributed by atoms with E-state index < -0.39 is 0 Å². The second-order valence-corrected chi connectivity index (χ2v) is 6.45. The first-order valence-corrected chi connectivity index (χ1v) is 8.84. The summed E-state index contributed by atoms with van der Waals surface area (Å²) >= 11 is 0. The molecule has 0 bridgehead atoms. The molecule has 0 spiro atoms. The molecule has 118 valence electrons. The van der Waals surface area contributed by atoms with Gasteiger partial charge in [-0.15, -0.1) is 0 Å². The van der Waals surface area contributed by atoms with Crippen molar-refractivity contribution in [2.24, 2.45) is 0 Å². The number of aromatic nitrogens is 2. The number of hydrogen-bond donors (Lipinski definition) is 1. The molecular formula is C17H30N4. The van der Waals surface area contributed by atoms with Crippen LogP contribution in [0.5, 0.6) is 0 Å². The van der Waals surface area contributed by atoms with Crippen LogP contribution in [0, 0.1) is 0 Å². The summed E-state index contributed by atoms with van der Waals surface area (Å²) in [5, 5.41) is 3.47. The molecule has 0 amide bonds. The van der Waals surface area contributed by atoms with Gasteiger partial charge in [-0.05, 0) is 25.9 Å². The molecule has 0 atom stereocenters. The van der Waals surface area contributed by atoms with Gasteiger partial charge in [0.05, 0.1) is 5.69 Å². The van der Waals surface area contributed by atoms with E-state index in [2.05, 4.69) is 28.6 Å². The number of imidazole rings is 1. The molecule has 0 aromatic carbocycles. The highest BCUT2D eigenvalue weighted by Crippen LogP contribution is 2.35. The van der Waals surface area contributed by atoms with Crippen LogP contribution in [-0.4, -0.2) is 40.6 Å². The maximum Gasteiger partial charge on any atom is 0.112 e. The molecule has 21 heavy (non-hydrogen) atoms. The van der Waals surface area contributed by atoms with Gasteiger partial charge in [-0.2, -0.15) is 0 Å². The predicted octanol–water partition coefficient (Wildman–Crippen LogP) is 2.53. The van der Waals surface area contributed by atoms with Gasteiger partial charge in [-0.1, -0.05) is 26.7 Å². The van der Waals surface area contributed by atoms with Crippen LogP contribution >= 0.6 is 0 Å². The molecule has 2 aliphatic rings. The smallest absolute Gasteiger partial charge is 0.112 e. The molecule has 1 aliphatic carbocycles. The van der Waals surface area contributed by atoms with E-state index >= 15 is 0 Å². The molecule has 0 radical (unpaired) electrons. The Hall–Kier alpha value is -0.870. The van der Waals surface area contributed by atoms with Crippen LogP contribution in [-0.2, 0) is 19.5 Å². The van der Waals surface area contributed by atoms with E-state index in [-0.39, 0.29) is 0 Å². The van der Waals surface area contributed by atoms with Crippen LogP contribution in [0.1, 0.15) is 62.7 Å². The van der Waals surface area contributed by atoms with E-state index in [1.54, 1.807) is 0 Å². The van der Waals surface area contributed by atoms with E-state index in [0.29, 0.717) is 5.92 Å². The Kier molecular flexibility index (Phi) is 4.96. The van der Waals surface area contributed by atoms with Gasteiger partial charge >= 0.3 is 0 Å². The fourth-order valence-corrected chi connectivity index (χ4v) is 3.92. The first kappa shape index (κ1) is 15.0. The van der Waals surface area contributed by atoms with Crippen LogP contribution in [0.4, 0.5) is 0 Å². The number of nitrogens with one attached hydrogen (secondary N) is 1. The topological polar surface area (TPSA) is 33.1 Å². The zero-order chi connectivity index (χ0) is 14.7. The van der Waals surface area contributed by atoms with E-state index in [0.717, 1.165) is 45.7 Å². The average molecular weight is 290 g/mol. The van der Waals surface area contributed by atoms with E-state index in [1.165, 1.54) is 42.9 Å². The highest BCUT2D eigenvalue weighted by Gasteiger charge is 2.27. The van der Waals surface area contributed by atoms with Gasteiger partial charge in [0.1, 0.15) is 5.82 Å². The average Bonchev–Trinajstić information content (AvgIpc) is 3.15. The fraction of sp³-hybridized carbons (Fsp3) is 0.824. The van der Waals surface area contributed by atoms with E-state index in [9.17, 15) is 0 Å². The van der Waals surface area contributed by atoms with Crippen molar-refractivity contribution in [3.05, 3.63) is 17.2 Å². The molecule has 1 fully saturated rings. The Balaban J connectivity index is 1.82. The molecule has 4 heteroatoms. The molecule has 0 saturated heterocycles. The quantitative estimate of drug-likeness (QED) is 0.874. The normalized spacial score (nSPS) is 19.4. The van der Waals surface area contributed by atoms with Gasteiger partial charge in [-0.25, -0.2) is 4.98 Å². The molecule has 3 rings (SSSR count). The van der Waals surface area contributed by atoms with Gasteiger partial charge in [0, 0.05) is 44.2 Å². The standard InChI is InChI=1S/C17H30N4/c1-3-20(4-2)11-12-21-16-9-10-18-13-15(16)19-17(21)14-7-5-6-8-14/h14,18H,3-13H2,1-2H3. The maximum atomic E-state index is 5.04. The van der Waals surface area contributed by atoms with Gasteiger partial charge in [-0.3, -0.25) is 0 Å². The lowest BCUT2D eigenvalue weighted by Gasteiger charge is -2.22. The summed E-state index contributed by atoms with van der Waals surface area (Å²) in [7, 11) is 0.